The minimum absolute atomic E-state index is 0.113. The van der Waals surface area contributed by atoms with E-state index in [-0.39, 0.29) is 6.61 Å². The van der Waals surface area contributed by atoms with Gasteiger partial charge in [-0.25, -0.2) is 4.99 Å². The van der Waals surface area contributed by atoms with E-state index in [4.69, 9.17) is 20.2 Å². The molecule has 1 fully saturated rings. The molecular weight excluding hydrogens is 392 g/mol. The molecule has 0 aromatic heterocycles. The van der Waals surface area contributed by atoms with Crippen molar-refractivity contribution in [2.75, 3.05) is 26.3 Å². The second-order valence-electron chi connectivity index (χ2n) is 7.63. The average Bonchev–Trinajstić information content (AvgIpc) is 3.60. The van der Waals surface area contributed by atoms with Gasteiger partial charge in [0.05, 0.1) is 13.2 Å². The number of nitrogens with two attached hydrogens (primary N) is 1. The molecule has 1 aliphatic carbocycles. The monoisotopic (exact) mass is 424 g/mol. The second-order valence-corrected chi connectivity index (χ2v) is 7.63. The van der Waals surface area contributed by atoms with Crippen molar-refractivity contribution in [1.82, 2.24) is 10.6 Å². The largest absolute Gasteiger partial charge is 0.493 e. The fourth-order valence-corrected chi connectivity index (χ4v) is 3.01. The highest BCUT2D eigenvalue weighted by Gasteiger charge is 2.22. The fourth-order valence-electron chi connectivity index (χ4n) is 3.01. The summed E-state index contributed by atoms with van der Waals surface area (Å²) in [5.74, 6) is 2.57. The summed E-state index contributed by atoms with van der Waals surface area (Å²) >= 11 is 0. The Kier molecular flexibility index (Phi) is 8.58. The molecule has 7 heteroatoms. The van der Waals surface area contributed by atoms with Crippen LogP contribution in [0.1, 0.15) is 30.9 Å². The molecule has 0 bridgehead atoms. The van der Waals surface area contributed by atoms with Crippen molar-refractivity contribution in [2.45, 2.75) is 32.7 Å². The number of hydrogen-bond donors (Lipinski definition) is 3. The van der Waals surface area contributed by atoms with Gasteiger partial charge < -0.3 is 25.8 Å². The minimum Gasteiger partial charge on any atom is -0.493 e. The topological polar surface area (TPSA) is 98.0 Å². The fraction of sp³-hybridized carbons (Fsp3) is 0.417. The molecule has 0 radical (unpaired) electrons. The molecule has 3 rings (SSSR count). The molecule has 4 N–H and O–H groups in total. The first-order chi connectivity index (χ1) is 15.1. The first-order valence-electron chi connectivity index (χ1n) is 10.9. The molecule has 1 aliphatic rings. The summed E-state index contributed by atoms with van der Waals surface area (Å²) in [6.07, 6.45) is 3.39. The third-order valence-corrected chi connectivity index (χ3v) is 4.91. The van der Waals surface area contributed by atoms with Crippen LogP contribution in [0.3, 0.4) is 0 Å². The molecule has 1 saturated carbocycles. The molecule has 7 nitrogen and oxygen atoms in total. The van der Waals surface area contributed by atoms with Crippen LogP contribution in [0.5, 0.6) is 11.5 Å². The van der Waals surface area contributed by atoms with Crippen molar-refractivity contribution in [3.63, 3.8) is 0 Å². The third-order valence-electron chi connectivity index (χ3n) is 4.91. The van der Waals surface area contributed by atoms with E-state index < -0.39 is 5.91 Å². The van der Waals surface area contributed by atoms with Crippen LogP contribution in [-0.2, 0) is 17.8 Å². The minimum atomic E-state index is -0.486. The Hall–Kier alpha value is -3.22. The van der Waals surface area contributed by atoms with Crippen LogP contribution in [0.15, 0.2) is 53.5 Å². The Balaban J connectivity index is 1.49. The number of nitrogens with zero attached hydrogens (tertiary/aromatic N) is 1. The quantitative estimate of drug-likeness (QED) is 0.359. The number of hydrogen-bond acceptors (Lipinski definition) is 4. The van der Waals surface area contributed by atoms with Crippen molar-refractivity contribution in [3.8, 4) is 11.5 Å². The van der Waals surface area contributed by atoms with Crippen LogP contribution in [0.25, 0.3) is 0 Å². The number of nitrogens with one attached hydrogen (secondary N) is 2. The summed E-state index contributed by atoms with van der Waals surface area (Å²) in [4.78, 5) is 15.5. The van der Waals surface area contributed by atoms with Gasteiger partial charge in [0.15, 0.2) is 12.6 Å². The predicted octanol–water partition coefficient (Wildman–Crippen LogP) is 2.64. The number of para-hydroxylation sites is 1. The Morgan fingerprint density at radius 3 is 2.58 bits per heavy atom. The molecule has 1 amide bonds. The molecule has 0 unspecified atom stereocenters. The summed E-state index contributed by atoms with van der Waals surface area (Å²) in [5.41, 5.74) is 7.34. The van der Waals surface area contributed by atoms with E-state index in [1.165, 1.54) is 12.8 Å². The lowest BCUT2D eigenvalue weighted by molar-refractivity contribution is -0.119. The van der Waals surface area contributed by atoms with E-state index in [9.17, 15) is 4.79 Å². The lowest BCUT2D eigenvalue weighted by Crippen LogP contribution is -2.38. The third kappa shape index (κ3) is 8.20. The molecule has 0 saturated heterocycles. The van der Waals surface area contributed by atoms with Gasteiger partial charge in [-0.05, 0) is 55.9 Å². The maximum atomic E-state index is 10.8. The standard InChI is InChI=1S/C24H32N4O3/c1-2-26-24(27-14-13-18-9-11-21(12-10-18)30-17-23(25)29)28-15-20-5-3-4-6-22(20)31-16-19-7-8-19/h3-6,9-12,19H,2,7-8,13-17H2,1H3,(H2,25,29)(H2,26,27,28). The van der Waals surface area contributed by atoms with Gasteiger partial charge in [0.25, 0.3) is 5.91 Å². The van der Waals surface area contributed by atoms with Gasteiger partial charge in [-0.1, -0.05) is 30.3 Å². The van der Waals surface area contributed by atoms with Crippen molar-refractivity contribution in [1.29, 1.82) is 0 Å². The average molecular weight is 425 g/mol. The molecule has 166 valence electrons. The van der Waals surface area contributed by atoms with E-state index >= 15 is 0 Å². The molecular formula is C24H32N4O3. The van der Waals surface area contributed by atoms with Crippen LogP contribution >= 0.6 is 0 Å². The first kappa shape index (κ1) is 22.5. The Morgan fingerprint density at radius 2 is 1.87 bits per heavy atom. The van der Waals surface area contributed by atoms with Crippen LogP contribution in [0.2, 0.25) is 0 Å². The van der Waals surface area contributed by atoms with E-state index in [1.807, 2.05) is 42.5 Å². The second kappa shape index (κ2) is 11.8. The van der Waals surface area contributed by atoms with Crippen molar-refractivity contribution in [3.05, 3.63) is 59.7 Å². The Labute approximate surface area is 184 Å². The molecule has 0 aliphatic heterocycles. The summed E-state index contributed by atoms with van der Waals surface area (Å²) in [6.45, 7) is 4.82. The zero-order chi connectivity index (χ0) is 21.9. The number of aliphatic imine (C=N–C) groups is 1. The van der Waals surface area contributed by atoms with Crippen LogP contribution < -0.4 is 25.8 Å². The Bertz CT molecular complexity index is 863. The maximum Gasteiger partial charge on any atom is 0.255 e. The number of rotatable bonds is 12. The van der Waals surface area contributed by atoms with Crippen LogP contribution in [0.4, 0.5) is 0 Å². The van der Waals surface area contributed by atoms with Gasteiger partial charge in [-0.3, -0.25) is 4.79 Å². The Morgan fingerprint density at radius 1 is 1.10 bits per heavy atom. The summed E-state index contributed by atoms with van der Waals surface area (Å²) < 4.78 is 11.3. The molecule has 2 aromatic rings. The van der Waals surface area contributed by atoms with Gasteiger partial charge in [0, 0.05) is 18.7 Å². The normalized spacial score (nSPS) is 13.5. The van der Waals surface area contributed by atoms with Gasteiger partial charge in [0.2, 0.25) is 0 Å². The summed E-state index contributed by atoms with van der Waals surface area (Å²) in [6, 6.07) is 15.8. The lowest BCUT2D eigenvalue weighted by atomic mass is 10.1. The summed E-state index contributed by atoms with van der Waals surface area (Å²) in [7, 11) is 0. The SMILES string of the molecule is CCNC(=NCc1ccccc1OCC1CC1)NCCc1ccc(OCC(N)=O)cc1. The smallest absolute Gasteiger partial charge is 0.255 e. The van der Waals surface area contributed by atoms with E-state index in [0.717, 1.165) is 54.9 Å². The zero-order valence-electron chi connectivity index (χ0n) is 18.1. The molecule has 31 heavy (non-hydrogen) atoms. The molecule has 0 spiro atoms. The van der Waals surface area contributed by atoms with Crippen molar-refractivity contribution < 1.29 is 14.3 Å². The number of carbonyl (C=O) groups excluding carboxylic acids is 1. The van der Waals surface area contributed by atoms with E-state index in [1.54, 1.807) is 0 Å². The number of ether oxygens (including phenoxy) is 2. The number of primary amides is 1. The van der Waals surface area contributed by atoms with Gasteiger partial charge in [-0.2, -0.15) is 0 Å². The highest BCUT2D eigenvalue weighted by molar-refractivity contribution is 5.79. The number of benzene rings is 2. The highest BCUT2D eigenvalue weighted by atomic mass is 16.5. The first-order valence-corrected chi connectivity index (χ1v) is 10.9. The number of guanidine groups is 1. The predicted molar refractivity (Wildman–Crippen MR) is 122 cm³/mol. The van der Waals surface area contributed by atoms with E-state index in [0.29, 0.717) is 12.3 Å². The number of amides is 1. The van der Waals surface area contributed by atoms with Crippen molar-refractivity contribution >= 4 is 11.9 Å². The van der Waals surface area contributed by atoms with E-state index in [2.05, 4.69) is 23.6 Å². The molecule has 0 heterocycles. The molecule has 2 aromatic carbocycles. The van der Waals surface area contributed by atoms with Gasteiger partial charge >= 0.3 is 0 Å². The van der Waals surface area contributed by atoms with Crippen LogP contribution in [0, 0.1) is 5.92 Å². The zero-order valence-corrected chi connectivity index (χ0v) is 18.1. The van der Waals surface area contributed by atoms with Gasteiger partial charge in [0.1, 0.15) is 11.5 Å². The lowest BCUT2D eigenvalue weighted by Gasteiger charge is -2.13. The number of carbonyl (C=O) groups is 1. The van der Waals surface area contributed by atoms with Crippen LogP contribution in [-0.4, -0.2) is 38.2 Å². The van der Waals surface area contributed by atoms with Crippen molar-refractivity contribution in [2.24, 2.45) is 16.6 Å². The van der Waals surface area contributed by atoms with Gasteiger partial charge in [-0.15, -0.1) is 0 Å². The maximum absolute atomic E-state index is 10.8. The highest BCUT2D eigenvalue weighted by Crippen LogP contribution is 2.30. The summed E-state index contributed by atoms with van der Waals surface area (Å²) in [5, 5.41) is 6.67. The molecule has 0 atom stereocenters.